The van der Waals surface area contributed by atoms with Crippen LogP contribution in [0, 0.1) is 0 Å². The number of hydrogen-bond donors (Lipinski definition) is 2. The zero-order valence-corrected chi connectivity index (χ0v) is 15.6. The summed E-state index contributed by atoms with van der Waals surface area (Å²) >= 11 is 0. The van der Waals surface area contributed by atoms with E-state index in [1.54, 1.807) is 6.07 Å². The van der Waals surface area contributed by atoms with Crippen LogP contribution in [0.5, 0.6) is 11.5 Å². The van der Waals surface area contributed by atoms with Gasteiger partial charge in [-0.25, -0.2) is 4.79 Å². The lowest BCUT2D eigenvalue weighted by atomic mass is 10.1. The molecule has 1 aliphatic rings. The summed E-state index contributed by atoms with van der Waals surface area (Å²) < 4.78 is 11.3. The second-order valence-electron chi connectivity index (χ2n) is 6.60. The van der Waals surface area contributed by atoms with Crippen LogP contribution in [0.4, 0.5) is 11.4 Å². The molecule has 0 spiro atoms. The van der Waals surface area contributed by atoms with Crippen LogP contribution in [0.15, 0.2) is 42.5 Å². The van der Waals surface area contributed by atoms with Crippen LogP contribution in [0.1, 0.15) is 29.6 Å². The number of benzene rings is 2. The maximum Gasteiger partial charge on any atom is 0.337 e. The molecule has 0 aromatic heterocycles. The van der Waals surface area contributed by atoms with E-state index in [2.05, 4.69) is 10.2 Å². The Morgan fingerprint density at radius 1 is 1.15 bits per heavy atom. The molecule has 1 heterocycles. The third-order valence-corrected chi connectivity index (χ3v) is 4.66. The number of para-hydroxylation sites is 1. The van der Waals surface area contributed by atoms with Crippen molar-refractivity contribution in [2.45, 2.75) is 19.3 Å². The molecule has 2 N–H and O–H groups in total. The van der Waals surface area contributed by atoms with Gasteiger partial charge < -0.3 is 24.8 Å². The quantitative estimate of drug-likeness (QED) is 0.650. The molecule has 0 bridgehead atoms. The number of hydrogen-bond acceptors (Lipinski definition) is 5. The molecule has 1 saturated heterocycles. The van der Waals surface area contributed by atoms with Crippen LogP contribution in [0.2, 0.25) is 0 Å². The van der Waals surface area contributed by atoms with Crippen LogP contribution in [-0.4, -0.2) is 49.3 Å². The van der Waals surface area contributed by atoms with Gasteiger partial charge in [0.1, 0.15) is 0 Å². The SMILES string of the molecule is COc1cc(C(=O)O)c(Nc2ccccc2)cc1OCCCN1CCCC1. The summed E-state index contributed by atoms with van der Waals surface area (Å²) in [5.41, 5.74) is 1.43. The first kappa shape index (κ1) is 19.0. The highest BCUT2D eigenvalue weighted by Crippen LogP contribution is 2.35. The number of aromatic carboxylic acids is 1. The van der Waals surface area contributed by atoms with E-state index < -0.39 is 5.97 Å². The Morgan fingerprint density at radius 3 is 2.56 bits per heavy atom. The number of nitrogens with zero attached hydrogens (tertiary/aromatic N) is 1. The van der Waals surface area contributed by atoms with Gasteiger partial charge >= 0.3 is 5.97 Å². The second-order valence-corrected chi connectivity index (χ2v) is 6.60. The number of carboxylic acids is 1. The molecule has 0 saturated carbocycles. The van der Waals surface area contributed by atoms with E-state index in [-0.39, 0.29) is 5.56 Å². The summed E-state index contributed by atoms with van der Waals surface area (Å²) in [5, 5.41) is 12.7. The van der Waals surface area contributed by atoms with Gasteiger partial charge in [-0.3, -0.25) is 0 Å². The second kappa shape index (κ2) is 9.28. The minimum atomic E-state index is -1.02. The first-order valence-corrected chi connectivity index (χ1v) is 9.30. The average molecular weight is 370 g/mol. The van der Waals surface area contributed by atoms with Crippen LogP contribution in [-0.2, 0) is 0 Å². The predicted molar refractivity (Wildman–Crippen MR) is 105 cm³/mol. The van der Waals surface area contributed by atoms with Gasteiger partial charge in [-0.2, -0.15) is 0 Å². The highest BCUT2D eigenvalue weighted by molar-refractivity contribution is 5.96. The van der Waals surface area contributed by atoms with Crippen molar-refractivity contribution in [3.63, 3.8) is 0 Å². The predicted octanol–water partition coefficient (Wildman–Crippen LogP) is 4.00. The van der Waals surface area contributed by atoms with Crippen molar-refractivity contribution in [1.82, 2.24) is 4.90 Å². The summed E-state index contributed by atoms with van der Waals surface area (Å²) in [5.74, 6) is -0.0538. The number of methoxy groups -OCH3 is 1. The van der Waals surface area contributed by atoms with Crippen molar-refractivity contribution in [2.24, 2.45) is 0 Å². The van der Waals surface area contributed by atoms with Crippen molar-refractivity contribution in [2.75, 3.05) is 38.7 Å². The normalized spacial score (nSPS) is 14.1. The molecule has 27 heavy (non-hydrogen) atoms. The van der Waals surface area contributed by atoms with Gasteiger partial charge in [0.05, 0.1) is 25.0 Å². The molecule has 0 atom stereocenters. The average Bonchev–Trinajstić information content (AvgIpc) is 3.19. The Labute approximate surface area is 159 Å². The van der Waals surface area contributed by atoms with Gasteiger partial charge in [0.15, 0.2) is 11.5 Å². The summed E-state index contributed by atoms with van der Waals surface area (Å²) in [6.07, 6.45) is 3.48. The van der Waals surface area contributed by atoms with Crippen molar-refractivity contribution >= 4 is 17.3 Å². The number of rotatable bonds is 9. The van der Waals surface area contributed by atoms with E-state index in [1.807, 2.05) is 30.3 Å². The van der Waals surface area contributed by atoms with E-state index in [9.17, 15) is 9.90 Å². The lowest BCUT2D eigenvalue weighted by Gasteiger charge is -2.17. The number of nitrogens with one attached hydrogen (secondary N) is 1. The van der Waals surface area contributed by atoms with Crippen molar-refractivity contribution in [3.8, 4) is 11.5 Å². The summed E-state index contributed by atoms with van der Waals surface area (Å²) in [6.45, 7) is 3.91. The van der Waals surface area contributed by atoms with Gasteiger partial charge in [-0.05, 0) is 44.5 Å². The molecule has 6 heteroatoms. The molecule has 0 unspecified atom stereocenters. The van der Waals surface area contributed by atoms with Gasteiger partial charge in [0.25, 0.3) is 0 Å². The number of carbonyl (C=O) groups is 1. The fourth-order valence-corrected chi connectivity index (χ4v) is 3.27. The Kier molecular flexibility index (Phi) is 6.54. The molecule has 6 nitrogen and oxygen atoms in total. The van der Waals surface area contributed by atoms with E-state index in [4.69, 9.17) is 9.47 Å². The Morgan fingerprint density at radius 2 is 1.89 bits per heavy atom. The topological polar surface area (TPSA) is 71.0 Å². The molecule has 144 valence electrons. The monoisotopic (exact) mass is 370 g/mol. The molecular formula is C21H26N2O4. The minimum Gasteiger partial charge on any atom is -0.493 e. The van der Waals surface area contributed by atoms with Crippen LogP contribution in [0.3, 0.4) is 0 Å². The number of carboxylic acid groups (broad SMARTS) is 1. The Bertz CT molecular complexity index is 758. The third-order valence-electron chi connectivity index (χ3n) is 4.66. The molecule has 0 amide bonds. The van der Waals surface area contributed by atoms with Crippen molar-refractivity contribution < 1.29 is 19.4 Å². The fourth-order valence-electron chi connectivity index (χ4n) is 3.27. The first-order valence-electron chi connectivity index (χ1n) is 9.30. The zero-order chi connectivity index (χ0) is 19.1. The molecule has 3 rings (SSSR count). The molecule has 0 aliphatic carbocycles. The lowest BCUT2D eigenvalue weighted by Crippen LogP contribution is -2.22. The van der Waals surface area contributed by atoms with Gasteiger partial charge in [0.2, 0.25) is 0 Å². The fraction of sp³-hybridized carbons (Fsp3) is 0.381. The maximum atomic E-state index is 11.7. The van der Waals surface area contributed by atoms with Crippen LogP contribution in [0.25, 0.3) is 0 Å². The van der Waals surface area contributed by atoms with E-state index in [0.717, 1.165) is 18.7 Å². The third kappa shape index (κ3) is 5.14. The lowest BCUT2D eigenvalue weighted by molar-refractivity contribution is 0.0697. The highest BCUT2D eigenvalue weighted by atomic mass is 16.5. The molecule has 1 aliphatic heterocycles. The maximum absolute atomic E-state index is 11.7. The Balaban J connectivity index is 1.73. The van der Waals surface area contributed by atoms with Gasteiger partial charge in [0, 0.05) is 24.4 Å². The molecule has 2 aromatic rings. The molecular weight excluding hydrogens is 344 g/mol. The van der Waals surface area contributed by atoms with Gasteiger partial charge in [-0.1, -0.05) is 18.2 Å². The van der Waals surface area contributed by atoms with Crippen LogP contribution >= 0.6 is 0 Å². The van der Waals surface area contributed by atoms with E-state index >= 15 is 0 Å². The largest absolute Gasteiger partial charge is 0.493 e. The van der Waals surface area contributed by atoms with Gasteiger partial charge in [-0.15, -0.1) is 0 Å². The highest BCUT2D eigenvalue weighted by Gasteiger charge is 2.17. The summed E-state index contributed by atoms with van der Waals surface area (Å²) in [6, 6.07) is 12.7. The van der Waals surface area contributed by atoms with Crippen LogP contribution < -0.4 is 14.8 Å². The number of anilines is 2. The van der Waals surface area contributed by atoms with Crippen molar-refractivity contribution in [3.05, 3.63) is 48.0 Å². The molecule has 0 radical (unpaired) electrons. The first-order chi connectivity index (χ1) is 13.2. The Hall–Kier alpha value is -2.73. The summed E-state index contributed by atoms with van der Waals surface area (Å²) in [7, 11) is 1.52. The number of likely N-dealkylation sites (tertiary alicyclic amines) is 1. The van der Waals surface area contributed by atoms with E-state index in [0.29, 0.717) is 23.8 Å². The standard InChI is InChI=1S/C21H26N2O4/c1-26-19-14-17(21(24)25)18(22-16-8-3-2-4-9-16)15-20(19)27-13-7-12-23-10-5-6-11-23/h2-4,8-9,14-15,22H,5-7,10-13H2,1H3,(H,24,25). The molecule has 1 fully saturated rings. The number of ether oxygens (including phenoxy) is 2. The zero-order valence-electron chi connectivity index (χ0n) is 15.6. The molecule has 2 aromatic carbocycles. The summed E-state index contributed by atoms with van der Waals surface area (Å²) in [4.78, 5) is 14.1. The minimum absolute atomic E-state index is 0.139. The van der Waals surface area contributed by atoms with E-state index in [1.165, 1.54) is 39.1 Å². The smallest absolute Gasteiger partial charge is 0.337 e. The van der Waals surface area contributed by atoms with Crippen molar-refractivity contribution in [1.29, 1.82) is 0 Å².